The predicted octanol–water partition coefficient (Wildman–Crippen LogP) is 3.96. The van der Waals surface area contributed by atoms with E-state index < -0.39 is 0 Å². The van der Waals surface area contributed by atoms with Gasteiger partial charge in [-0.3, -0.25) is 9.88 Å². The molecule has 0 radical (unpaired) electrons. The first-order chi connectivity index (χ1) is 17.6. The highest BCUT2D eigenvalue weighted by Gasteiger charge is 2.42. The van der Waals surface area contributed by atoms with Crippen LogP contribution in [0.5, 0.6) is 17.2 Å². The molecule has 0 aliphatic carbocycles. The second kappa shape index (κ2) is 9.47. The summed E-state index contributed by atoms with van der Waals surface area (Å²) in [4.78, 5) is 14.1. The number of hydrogen-bond donors (Lipinski definition) is 0. The molecule has 0 saturated carbocycles. The van der Waals surface area contributed by atoms with E-state index in [0.717, 1.165) is 65.3 Å². The van der Waals surface area contributed by atoms with Crippen molar-refractivity contribution < 1.29 is 14.2 Å². The molecule has 8 heteroatoms. The van der Waals surface area contributed by atoms with Crippen LogP contribution in [-0.4, -0.2) is 66.9 Å². The Balaban J connectivity index is 1.17. The molecule has 8 nitrogen and oxygen atoms in total. The maximum Gasteiger partial charge on any atom is 0.179 e. The lowest BCUT2D eigenvalue weighted by atomic mass is 9.94. The maximum absolute atomic E-state index is 9.77. The molecule has 2 bridgehead atoms. The average molecular weight is 486 g/mol. The van der Waals surface area contributed by atoms with E-state index in [2.05, 4.69) is 32.9 Å². The third kappa shape index (κ3) is 4.07. The van der Waals surface area contributed by atoms with Crippen LogP contribution in [0.2, 0.25) is 0 Å². The van der Waals surface area contributed by atoms with Gasteiger partial charge in [0.15, 0.2) is 11.5 Å². The average Bonchev–Trinajstić information content (AvgIpc) is 3.16. The van der Waals surface area contributed by atoms with E-state index in [0.29, 0.717) is 36.9 Å². The number of rotatable bonds is 6. The summed E-state index contributed by atoms with van der Waals surface area (Å²) in [6.45, 7) is 2.10. The Morgan fingerprint density at radius 3 is 2.61 bits per heavy atom. The van der Waals surface area contributed by atoms with Gasteiger partial charge < -0.3 is 19.1 Å². The summed E-state index contributed by atoms with van der Waals surface area (Å²) in [5.74, 6) is 3.24. The first-order valence-corrected chi connectivity index (χ1v) is 12.7. The first-order valence-electron chi connectivity index (χ1n) is 12.7. The van der Waals surface area contributed by atoms with Crippen LogP contribution in [-0.2, 0) is 6.42 Å². The first kappa shape index (κ1) is 22.9. The fourth-order valence-corrected chi connectivity index (χ4v) is 6.21. The Labute approximate surface area is 211 Å². The molecule has 186 valence electrons. The van der Waals surface area contributed by atoms with Gasteiger partial charge in [-0.05, 0) is 55.9 Å². The van der Waals surface area contributed by atoms with Gasteiger partial charge in [-0.15, -0.1) is 0 Å². The Kier molecular flexibility index (Phi) is 6.02. The molecule has 2 atom stereocenters. The van der Waals surface area contributed by atoms with Gasteiger partial charge >= 0.3 is 0 Å². The van der Waals surface area contributed by atoms with Crippen LogP contribution in [0.15, 0.2) is 36.7 Å². The van der Waals surface area contributed by atoms with Gasteiger partial charge in [0.05, 0.1) is 24.4 Å². The molecule has 1 aromatic carbocycles. The number of nitriles is 1. The van der Waals surface area contributed by atoms with Crippen molar-refractivity contribution in [2.75, 3.05) is 38.8 Å². The van der Waals surface area contributed by atoms with E-state index in [4.69, 9.17) is 14.2 Å². The molecule has 0 amide bonds. The Morgan fingerprint density at radius 2 is 1.86 bits per heavy atom. The molecule has 6 rings (SSSR count). The molecular formula is C28H31N5O3. The van der Waals surface area contributed by atoms with Gasteiger partial charge in [-0.1, -0.05) is 0 Å². The summed E-state index contributed by atoms with van der Waals surface area (Å²) >= 11 is 0. The molecule has 5 heterocycles. The largest absolute Gasteiger partial charge is 0.497 e. The molecule has 2 aromatic heterocycles. The quantitative estimate of drug-likeness (QED) is 0.519. The summed E-state index contributed by atoms with van der Waals surface area (Å²) in [7, 11) is 3.82. The summed E-state index contributed by atoms with van der Waals surface area (Å²) in [5, 5.41) is 10.8. The number of hydrogen-bond acceptors (Lipinski definition) is 8. The zero-order chi connectivity index (χ0) is 24.6. The van der Waals surface area contributed by atoms with Crippen molar-refractivity contribution in [2.24, 2.45) is 0 Å². The Bertz CT molecular complexity index is 1310. The number of fused-ring (bicyclic) bond motifs is 4. The molecule has 0 N–H and O–H groups in total. The van der Waals surface area contributed by atoms with Gasteiger partial charge in [0.1, 0.15) is 30.9 Å². The molecule has 3 aliphatic rings. The van der Waals surface area contributed by atoms with Gasteiger partial charge in [-0.2, -0.15) is 5.26 Å². The number of ether oxygens (including phenoxy) is 3. The van der Waals surface area contributed by atoms with Crippen molar-refractivity contribution in [1.82, 2.24) is 14.9 Å². The highest BCUT2D eigenvalue weighted by Crippen LogP contribution is 2.40. The van der Waals surface area contributed by atoms with Crippen LogP contribution >= 0.6 is 0 Å². The number of aromatic nitrogens is 2. The fourth-order valence-electron chi connectivity index (χ4n) is 6.21. The van der Waals surface area contributed by atoms with Crippen molar-refractivity contribution >= 4 is 16.7 Å². The molecule has 2 unspecified atom stereocenters. The topological polar surface area (TPSA) is 83.7 Å². The zero-order valence-electron chi connectivity index (χ0n) is 20.8. The Morgan fingerprint density at radius 1 is 1.08 bits per heavy atom. The van der Waals surface area contributed by atoms with Crippen LogP contribution in [0.1, 0.15) is 36.8 Å². The van der Waals surface area contributed by atoms with Crippen molar-refractivity contribution in [1.29, 1.82) is 5.26 Å². The van der Waals surface area contributed by atoms with Gasteiger partial charge in [0.2, 0.25) is 0 Å². The number of methoxy groups -OCH3 is 1. The van der Waals surface area contributed by atoms with Crippen LogP contribution in [0, 0.1) is 11.3 Å². The lowest BCUT2D eigenvalue weighted by Gasteiger charge is -2.42. The summed E-state index contributed by atoms with van der Waals surface area (Å²) < 4.78 is 16.9. The number of piperidine rings is 1. The third-order valence-corrected chi connectivity index (χ3v) is 8.11. The number of pyridine rings is 2. The molecule has 3 aromatic rings. The van der Waals surface area contributed by atoms with E-state index in [1.807, 2.05) is 24.3 Å². The van der Waals surface area contributed by atoms with Crippen molar-refractivity contribution in [3.8, 4) is 23.3 Å². The molecule has 2 fully saturated rings. The second-order valence-electron chi connectivity index (χ2n) is 9.94. The highest BCUT2D eigenvalue weighted by molar-refractivity contribution is 5.85. The van der Waals surface area contributed by atoms with E-state index in [9.17, 15) is 5.26 Å². The smallest absolute Gasteiger partial charge is 0.179 e. The fraction of sp³-hybridized carbons (Fsp3) is 0.464. The van der Waals surface area contributed by atoms with Gasteiger partial charge in [-0.25, -0.2) is 4.98 Å². The third-order valence-electron chi connectivity index (χ3n) is 8.11. The molecule has 3 aliphatic heterocycles. The molecule has 36 heavy (non-hydrogen) atoms. The van der Waals surface area contributed by atoms with Gasteiger partial charge in [0.25, 0.3) is 0 Å². The summed E-state index contributed by atoms with van der Waals surface area (Å²) in [6.07, 6.45) is 8.98. The van der Waals surface area contributed by atoms with E-state index >= 15 is 0 Å². The maximum atomic E-state index is 9.77. The minimum absolute atomic E-state index is 0.439. The predicted molar refractivity (Wildman–Crippen MR) is 137 cm³/mol. The van der Waals surface area contributed by atoms with Gasteiger partial charge in [0, 0.05) is 49.4 Å². The minimum Gasteiger partial charge on any atom is -0.497 e. The van der Waals surface area contributed by atoms with Crippen LogP contribution < -0.4 is 19.1 Å². The minimum atomic E-state index is 0.439. The normalized spacial score (nSPS) is 22.9. The number of benzene rings is 1. The van der Waals surface area contributed by atoms with Crippen molar-refractivity contribution in [3.05, 3.63) is 47.8 Å². The lowest BCUT2D eigenvalue weighted by molar-refractivity contribution is 0.128. The standard InChI is InChI=1S/C28H31N5O3/c1-32(28-14-26-27(17-31-28)36-10-9-35-26)21-11-19-3-4-20(12-21)33(19)8-7-23-18(15-29)16-30-25-6-5-22(34-2)13-24(23)25/h5-6,13-14,16-17,19-21H,3-4,7-12H2,1-2H3. The zero-order valence-corrected chi connectivity index (χ0v) is 20.8. The van der Waals surface area contributed by atoms with E-state index in [1.54, 1.807) is 19.5 Å². The molecular weight excluding hydrogens is 454 g/mol. The Hall–Kier alpha value is -3.57. The summed E-state index contributed by atoms with van der Waals surface area (Å²) in [6, 6.07) is 11.8. The number of nitrogens with zero attached hydrogens (tertiary/aromatic N) is 5. The van der Waals surface area contributed by atoms with Crippen molar-refractivity contribution in [3.63, 3.8) is 0 Å². The van der Waals surface area contributed by atoms with E-state index in [-0.39, 0.29) is 0 Å². The molecule has 2 saturated heterocycles. The molecule has 0 spiro atoms. The second-order valence-corrected chi connectivity index (χ2v) is 9.94. The van der Waals surface area contributed by atoms with Crippen LogP contribution in [0.3, 0.4) is 0 Å². The van der Waals surface area contributed by atoms with Crippen molar-refractivity contribution in [2.45, 2.75) is 50.2 Å². The van der Waals surface area contributed by atoms with Crippen LogP contribution in [0.25, 0.3) is 10.9 Å². The monoisotopic (exact) mass is 485 g/mol. The number of anilines is 1. The van der Waals surface area contributed by atoms with E-state index in [1.165, 1.54) is 12.8 Å². The highest BCUT2D eigenvalue weighted by atomic mass is 16.6. The van der Waals surface area contributed by atoms with Crippen LogP contribution in [0.4, 0.5) is 5.82 Å². The SMILES string of the molecule is COc1ccc2ncc(C#N)c(CCN3C4CCC3CC(N(C)c3cc5c(cn3)OCCO5)C4)c2c1. The summed E-state index contributed by atoms with van der Waals surface area (Å²) in [5.41, 5.74) is 2.63. The lowest BCUT2D eigenvalue weighted by Crippen LogP contribution is -2.50.